The van der Waals surface area contributed by atoms with Crippen molar-refractivity contribution in [2.75, 3.05) is 39.2 Å². The number of nitrogens with one attached hydrogen (secondary N) is 1. The number of carbonyl (C=O) groups excluding carboxylic acids is 2. The summed E-state index contributed by atoms with van der Waals surface area (Å²) >= 11 is 6.14. The average Bonchev–Trinajstić information content (AvgIpc) is 2.67. The van der Waals surface area contributed by atoms with Crippen molar-refractivity contribution >= 4 is 29.1 Å². The number of fused-ring (bicyclic) bond motifs is 1. The number of hydrogen-bond donors (Lipinski definition) is 1. The van der Waals surface area contributed by atoms with Gasteiger partial charge in [0.1, 0.15) is 5.75 Å². The van der Waals surface area contributed by atoms with Crippen LogP contribution >= 0.6 is 11.6 Å². The number of rotatable bonds is 6. The lowest BCUT2D eigenvalue weighted by Crippen LogP contribution is -2.44. The maximum absolute atomic E-state index is 13.0. The highest BCUT2D eigenvalue weighted by Gasteiger charge is 2.34. The first-order chi connectivity index (χ1) is 13.0. The first-order valence-corrected chi connectivity index (χ1v) is 8.94. The molecule has 0 saturated heterocycles. The Bertz CT molecular complexity index is 856. The number of anilines is 1. The number of amides is 2. The Morgan fingerprint density at radius 2 is 2.04 bits per heavy atom. The Morgan fingerprint density at radius 1 is 1.26 bits per heavy atom. The van der Waals surface area contributed by atoms with Crippen molar-refractivity contribution in [2.24, 2.45) is 0 Å². The fourth-order valence-electron chi connectivity index (χ4n) is 3.16. The van der Waals surface area contributed by atoms with E-state index in [1.165, 1.54) is 7.11 Å². The van der Waals surface area contributed by atoms with Gasteiger partial charge >= 0.3 is 0 Å². The zero-order valence-corrected chi connectivity index (χ0v) is 16.0. The summed E-state index contributed by atoms with van der Waals surface area (Å²) in [5.74, 6) is -0.219. The lowest BCUT2D eigenvalue weighted by Gasteiger charge is -2.33. The van der Waals surface area contributed by atoms with Crippen LogP contribution in [0.5, 0.6) is 5.75 Å². The summed E-state index contributed by atoms with van der Waals surface area (Å²) in [7, 11) is 3.12. The van der Waals surface area contributed by atoms with Crippen LogP contribution in [0.2, 0.25) is 5.02 Å². The van der Waals surface area contributed by atoms with E-state index in [2.05, 4.69) is 5.32 Å². The van der Waals surface area contributed by atoms with Gasteiger partial charge in [-0.3, -0.25) is 9.59 Å². The lowest BCUT2D eigenvalue weighted by molar-refractivity contribution is -0.118. The molecular weight excluding hydrogens is 368 g/mol. The van der Waals surface area contributed by atoms with Gasteiger partial charge in [-0.05, 0) is 29.8 Å². The number of hydrogen-bond acceptors (Lipinski definition) is 4. The fraction of sp³-hybridized carbons (Fsp3) is 0.300. The summed E-state index contributed by atoms with van der Waals surface area (Å²) in [6, 6.07) is 12.3. The zero-order chi connectivity index (χ0) is 19.4. The van der Waals surface area contributed by atoms with E-state index < -0.39 is 5.92 Å². The maximum Gasteiger partial charge on any atom is 0.254 e. The average molecular weight is 389 g/mol. The van der Waals surface area contributed by atoms with Crippen LogP contribution in [-0.4, -0.2) is 50.6 Å². The third-order valence-corrected chi connectivity index (χ3v) is 4.85. The highest BCUT2D eigenvalue weighted by atomic mass is 35.5. The molecule has 1 atom stereocenters. The quantitative estimate of drug-likeness (QED) is 0.825. The first kappa shape index (κ1) is 19.2. The van der Waals surface area contributed by atoms with Gasteiger partial charge in [0.15, 0.2) is 0 Å². The lowest BCUT2D eigenvalue weighted by atomic mass is 9.88. The number of ether oxygens (including phenoxy) is 2. The van der Waals surface area contributed by atoms with Crippen LogP contribution in [0.25, 0.3) is 0 Å². The molecule has 1 aliphatic rings. The molecule has 2 aromatic carbocycles. The highest BCUT2D eigenvalue weighted by Crippen LogP contribution is 2.31. The topological polar surface area (TPSA) is 67.9 Å². The first-order valence-electron chi connectivity index (χ1n) is 8.56. The number of carbonyl (C=O) groups is 2. The molecule has 2 amide bonds. The van der Waals surface area contributed by atoms with Crippen molar-refractivity contribution < 1.29 is 19.1 Å². The number of nitrogens with zero attached hydrogens (tertiary/aromatic N) is 1. The van der Waals surface area contributed by atoms with E-state index in [0.717, 1.165) is 5.56 Å². The third-order valence-electron chi connectivity index (χ3n) is 4.56. The highest BCUT2D eigenvalue weighted by molar-refractivity contribution is 6.32. The van der Waals surface area contributed by atoms with Crippen LogP contribution in [0.15, 0.2) is 42.5 Å². The van der Waals surface area contributed by atoms with Crippen LogP contribution < -0.4 is 10.1 Å². The minimum absolute atomic E-state index is 0.0841. The second-order valence-electron chi connectivity index (χ2n) is 6.22. The van der Waals surface area contributed by atoms with Crippen molar-refractivity contribution in [2.45, 2.75) is 5.92 Å². The van der Waals surface area contributed by atoms with Crippen molar-refractivity contribution in [1.82, 2.24) is 4.90 Å². The monoisotopic (exact) mass is 388 g/mol. The van der Waals surface area contributed by atoms with Gasteiger partial charge in [0.2, 0.25) is 5.91 Å². The Balaban J connectivity index is 1.85. The molecule has 0 saturated carbocycles. The summed E-state index contributed by atoms with van der Waals surface area (Å²) in [6.45, 7) is 1.15. The van der Waals surface area contributed by atoms with Gasteiger partial charge in [-0.2, -0.15) is 0 Å². The Labute approximate surface area is 163 Å². The Morgan fingerprint density at radius 3 is 2.74 bits per heavy atom. The predicted molar refractivity (Wildman–Crippen MR) is 104 cm³/mol. The third kappa shape index (κ3) is 4.07. The van der Waals surface area contributed by atoms with Crippen LogP contribution in [0, 0.1) is 0 Å². The standard InChI is InChI=1S/C20H21ClN2O4/c1-26-10-9-23-12-16(14-5-3-4-6-15(14)20(23)25)19(24)22-13-7-8-18(27-2)17(21)11-13/h3-8,11,16H,9-10,12H2,1-2H3,(H,22,24). The molecule has 6 nitrogen and oxygen atoms in total. The van der Waals surface area contributed by atoms with Crippen LogP contribution in [0.3, 0.4) is 0 Å². The van der Waals surface area contributed by atoms with Gasteiger partial charge in [0, 0.05) is 31.5 Å². The summed E-state index contributed by atoms with van der Waals surface area (Å²) in [4.78, 5) is 27.3. The zero-order valence-electron chi connectivity index (χ0n) is 15.2. The van der Waals surface area contributed by atoms with Crippen LogP contribution in [0.1, 0.15) is 21.8 Å². The van der Waals surface area contributed by atoms with Gasteiger partial charge in [-0.1, -0.05) is 29.8 Å². The van der Waals surface area contributed by atoms with Gasteiger partial charge in [-0.15, -0.1) is 0 Å². The molecule has 2 aromatic rings. The molecule has 1 unspecified atom stereocenters. The maximum atomic E-state index is 13.0. The molecule has 0 aromatic heterocycles. The van der Waals surface area contributed by atoms with E-state index >= 15 is 0 Å². The normalized spacial score (nSPS) is 16.0. The Hall–Kier alpha value is -2.57. The smallest absolute Gasteiger partial charge is 0.254 e. The molecule has 1 heterocycles. The van der Waals surface area contributed by atoms with E-state index in [1.54, 1.807) is 42.3 Å². The predicted octanol–water partition coefficient (Wildman–Crippen LogP) is 3.17. The molecular formula is C20H21ClN2O4. The molecule has 142 valence electrons. The number of benzene rings is 2. The second kappa shape index (κ2) is 8.41. The molecule has 0 aliphatic carbocycles. The fourth-order valence-corrected chi connectivity index (χ4v) is 3.42. The van der Waals surface area contributed by atoms with E-state index in [0.29, 0.717) is 41.7 Å². The van der Waals surface area contributed by atoms with E-state index in [9.17, 15) is 9.59 Å². The van der Waals surface area contributed by atoms with Gasteiger partial charge in [0.25, 0.3) is 5.91 Å². The SMILES string of the molecule is COCCN1CC(C(=O)Nc2ccc(OC)c(Cl)c2)c2ccccc2C1=O. The van der Waals surface area contributed by atoms with Gasteiger partial charge in [-0.25, -0.2) is 0 Å². The summed E-state index contributed by atoms with van der Waals surface area (Å²) in [5, 5.41) is 3.30. The summed E-state index contributed by atoms with van der Waals surface area (Å²) < 4.78 is 10.2. The van der Waals surface area contributed by atoms with Crippen molar-refractivity contribution in [3.63, 3.8) is 0 Å². The van der Waals surface area contributed by atoms with Crippen molar-refractivity contribution in [3.05, 3.63) is 58.6 Å². The molecule has 1 aliphatic heterocycles. The second-order valence-corrected chi connectivity index (χ2v) is 6.63. The number of halogens is 1. The molecule has 0 radical (unpaired) electrons. The molecule has 3 rings (SSSR count). The molecule has 7 heteroatoms. The molecule has 0 fully saturated rings. The molecule has 1 N–H and O–H groups in total. The van der Waals surface area contributed by atoms with Gasteiger partial charge < -0.3 is 19.7 Å². The van der Waals surface area contributed by atoms with Crippen LogP contribution in [0.4, 0.5) is 5.69 Å². The largest absolute Gasteiger partial charge is 0.495 e. The summed E-state index contributed by atoms with van der Waals surface area (Å²) in [5.41, 5.74) is 1.85. The van der Waals surface area contributed by atoms with Crippen LogP contribution in [-0.2, 0) is 9.53 Å². The minimum Gasteiger partial charge on any atom is -0.495 e. The molecule has 0 bridgehead atoms. The molecule has 27 heavy (non-hydrogen) atoms. The minimum atomic E-state index is -0.475. The summed E-state index contributed by atoms with van der Waals surface area (Å²) in [6.07, 6.45) is 0. The van der Waals surface area contributed by atoms with E-state index in [1.807, 2.05) is 12.1 Å². The Kier molecular flexibility index (Phi) is 5.98. The molecule has 0 spiro atoms. The van der Waals surface area contributed by atoms with Crippen molar-refractivity contribution in [1.29, 1.82) is 0 Å². The van der Waals surface area contributed by atoms with Crippen molar-refractivity contribution in [3.8, 4) is 5.75 Å². The van der Waals surface area contributed by atoms with E-state index in [-0.39, 0.29) is 11.8 Å². The van der Waals surface area contributed by atoms with E-state index in [4.69, 9.17) is 21.1 Å². The number of methoxy groups -OCH3 is 2. The van der Waals surface area contributed by atoms with Gasteiger partial charge in [0.05, 0.1) is 24.7 Å².